The SMILES string of the molecule is O=C(NCCc1c[nH]c2ccccc12)c1ccc(CSc2ncn[nH]2)cc1. The number of aromatic amines is 2. The molecular formula is C20H19N5OS. The van der Waals surface area contributed by atoms with Gasteiger partial charge in [-0.3, -0.25) is 9.89 Å². The van der Waals surface area contributed by atoms with Crippen molar-refractivity contribution < 1.29 is 4.79 Å². The summed E-state index contributed by atoms with van der Waals surface area (Å²) in [5, 5.41) is 11.6. The van der Waals surface area contributed by atoms with Gasteiger partial charge in [-0.2, -0.15) is 5.10 Å². The number of hydrogen-bond acceptors (Lipinski definition) is 4. The van der Waals surface area contributed by atoms with Crippen LogP contribution in [0.2, 0.25) is 0 Å². The lowest BCUT2D eigenvalue weighted by Gasteiger charge is -2.06. The summed E-state index contributed by atoms with van der Waals surface area (Å²) in [7, 11) is 0. The summed E-state index contributed by atoms with van der Waals surface area (Å²) >= 11 is 1.57. The molecule has 0 radical (unpaired) electrons. The average molecular weight is 377 g/mol. The Morgan fingerprint density at radius 1 is 1.11 bits per heavy atom. The largest absolute Gasteiger partial charge is 0.361 e. The molecule has 3 N–H and O–H groups in total. The maximum atomic E-state index is 12.3. The molecule has 2 aromatic heterocycles. The van der Waals surface area contributed by atoms with Crippen molar-refractivity contribution in [3.63, 3.8) is 0 Å². The first kappa shape index (κ1) is 17.4. The molecule has 0 atom stereocenters. The highest BCUT2D eigenvalue weighted by molar-refractivity contribution is 7.98. The molecule has 4 rings (SSSR count). The lowest BCUT2D eigenvalue weighted by Crippen LogP contribution is -2.25. The lowest BCUT2D eigenvalue weighted by atomic mass is 10.1. The Morgan fingerprint density at radius 2 is 1.96 bits per heavy atom. The number of hydrogen-bond donors (Lipinski definition) is 3. The van der Waals surface area contributed by atoms with Crippen LogP contribution in [0.3, 0.4) is 0 Å². The van der Waals surface area contributed by atoms with Gasteiger partial charge in [-0.1, -0.05) is 42.1 Å². The fraction of sp³-hybridized carbons (Fsp3) is 0.150. The van der Waals surface area contributed by atoms with Crippen LogP contribution in [-0.2, 0) is 12.2 Å². The van der Waals surface area contributed by atoms with E-state index in [1.165, 1.54) is 17.3 Å². The highest BCUT2D eigenvalue weighted by atomic mass is 32.2. The zero-order valence-electron chi connectivity index (χ0n) is 14.6. The molecule has 4 aromatic rings. The summed E-state index contributed by atoms with van der Waals surface area (Å²) in [6.07, 6.45) is 4.30. The molecule has 0 unspecified atom stereocenters. The fourth-order valence-corrected chi connectivity index (χ4v) is 3.65. The monoisotopic (exact) mass is 377 g/mol. The normalized spacial score (nSPS) is 11.0. The zero-order chi connectivity index (χ0) is 18.5. The number of benzene rings is 2. The maximum Gasteiger partial charge on any atom is 0.251 e. The van der Waals surface area contributed by atoms with Gasteiger partial charge in [0.25, 0.3) is 5.91 Å². The molecule has 0 aliphatic rings. The number of para-hydroxylation sites is 1. The highest BCUT2D eigenvalue weighted by Gasteiger charge is 2.07. The molecule has 0 aliphatic heterocycles. The van der Waals surface area contributed by atoms with Gasteiger partial charge in [0.15, 0.2) is 5.16 Å². The van der Waals surface area contributed by atoms with Gasteiger partial charge in [0.05, 0.1) is 0 Å². The fourth-order valence-electron chi connectivity index (χ4n) is 2.92. The topological polar surface area (TPSA) is 86.5 Å². The van der Waals surface area contributed by atoms with Crippen LogP contribution in [0, 0.1) is 0 Å². The van der Waals surface area contributed by atoms with Crippen LogP contribution < -0.4 is 5.32 Å². The molecule has 0 aliphatic carbocycles. The Balaban J connectivity index is 1.29. The Bertz CT molecular complexity index is 1020. The third-order valence-electron chi connectivity index (χ3n) is 4.34. The highest BCUT2D eigenvalue weighted by Crippen LogP contribution is 2.19. The summed E-state index contributed by atoms with van der Waals surface area (Å²) in [6, 6.07) is 15.8. The average Bonchev–Trinajstić information content (AvgIpc) is 3.37. The summed E-state index contributed by atoms with van der Waals surface area (Å²) in [5.74, 6) is 0.724. The van der Waals surface area contributed by atoms with Crippen molar-refractivity contribution >= 4 is 28.6 Å². The molecule has 136 valence electrons. The molecule has 2 heterocycles. The first-order chi connectivity index (χ1) is 13.3. The van der Waals surface area contributed by atoms with Crippen molar-refractivity contribution in [1.82, 2.24) is 25.5 Å². The molecule has 6 nitrogen and oxygen atoms in total. The van der Waals surface area contributed by atoms with E-state index in [4.69, 9.17) is 0 Å². The van der Waals surface area contributed by atoms with E-state index in [0.717, 1.165) is 28.4 Å². The van der Waals surface area contributed by atoms with Crippen molar-refractivity contribution in [3.8, 4) is 0 Å². The van der Waals surface area contributed by atoms with Crippen LogP contribution in [0.1, 0.15) is 21.5 Å². The first-order valence-corrected chi connectivity index (χ1v) is 9.68. The van der Waals surface area contributed by atoms with E-state index in [2.05, 4.69) is 37.6 Å². The van der Waals surface area contributed by atoms with Gasteiger partial charge >= 0.3 is 0 Å². The number of amides is 1. The standard InChI is InChI=1S/C20H19N5OS/c26-19(21-10-9-16-11-22-18-4-2-1-3-17(16)18)15-7-5-14(6-8-15)12-27-20-23-13-24-25-20/h1-8,11,13,22H,9-10,12H2,(H,21,26)(H,23,24,25). The van der Waals surface area contributed by atoms with Gasteiger partial charge in [-0.25, -0.2) is 4.98 Å². The van der Waals surface area contributed by atoms with Gasteiger partial charge < -0.3 is 10.3 Å². The number of nitrogens with zero attached hydrogens (tertiary/aromatic N) is 2. The molecule has 7 heteroatoms. The van der Waals surface area contributed by atoms with Crippen LogP contribution in [0.25, 0.3) is 10.9 Å². The smallest absolute Gasteiger partial charge is 0.251 e. The number of nitrogens with one attached hydrogen (secondary N) is 3. The Morgan fingerprint density at radius 3 is 2.78 bits per heavy atom. The minimum absolute atomic E-state index is 0.0516. The van der Waals surface area contributed by atoms with Crippen molar-refractivity contribution in [2.24, 2.45) is 0 Å². The Labute approximate surface area is 160 Å². The van der Waals surface area contributed by atoms with Crippen LogP contribution in [0.5, 0.6) is 0 Å². The summed E-state index contributed by atoms with van der Waals surface area (Å²) < 4.78 is 0. The molecule has 27 heavy (non-hydrogen) atoms. The van der Waals surface area contributed by atoms with Crippen molar-refractivity contribution in [3.05, 3.63) is 77.7 Å². The van der Waals surface area contributed by atoms with Crippen molar-refractivity contribution in [2.45, 2.75) is 17.3 Å². The van der Waals surface area contributed by atoms with Crippen LogP contribution in [0.15, 0.2) is 66.2 Å². The van der Waals surface area contributed by atoms with E-state index in [9.17, 15) is 4.79 Å². The van der Waals surface area contributed by atoms with Gasteiger partial charge in [0.1, 0.15) is 6.33 Å². The van der Waals surface area contributed by atoms with Gasteiger partial charge in [0.2, 0.25) is 0 Å². The van der Waals surface area contributed by atoms with Crippen LogP contribution >= 0.6 is 11.8 Å². The van der Waals surface area contributed by atoms with Crippen LogP contribution in [-0.4, -0.2) is 32.6 Å². The number of aromatic nitrogens is 4. The van der Waals surface area contributed by atoms with Gasteiger partial charge in [-0.05, 0) is 35.7 Å². The number of fused-ring (bicyclic) bond motifs is 1. The van der Waals surface area contributed by atoms with E-state index in [0.29, 0.717) is 12.1 Å². The van der Waals surface area contributed by atoms with E-state index >= 15 is 0 Å². The molecule has 2 aromatic carbocycles. The number of carbonyl (C=O) groups excluding carboxylic acids is 1. The van der Waals surface area contributed by atoms with Crippen molar-refractivity contribution in [2.75, 3.05) is 6.54 Å². The second-order valence-electron chi connectivity index (χ2n) is 6.14. The number of H-pyrrole nitrogens is 2. The Hall–Kier alpha value is -3.06. The van der Waals surface area contributed by atoms with E-state index < -0.39 is 0 Å². The van der Waals surface area contributed by atoms with E-state index in [1.54, 1.807) is 11.8 Å². The molecule has 0 saturated heterocycles. The minimum Gasteiger partial charge on any atom is -0.361 e. The molecule has 0 saturated carbocycles. The molecular weight excluding hydrogens is 358 g/mol. The Kier molecular flexibility index (Phi) is 5.20. The lowest BCUT2D eigenvalue weighted by molar-refractivity contribution is 0.0954. The first-order valence-electron chi connectivity index (χ1n) is 8.70. The number of rotatable bonds is 7. The van der Waals surface area contributed by atoms with Gasteiger partial charge in [0, 0.05) is 35.0 Å². The third kappa shape index (κ3) is 4.20. The second kappa shape index (κ2) is 8.09. The molecule has 0 bridgehead atoms. The molecule has 0 spiro atoms. The van der Waals surface area contributed by atoms with Gasteiger partial charge in [-0.15, -0.1) is 0 Å². The predicted octanol–water partition coefficient (Wildman–Crippen LogP) is 3.55. The number of carbonyl (C=O) groups is 1. The predicted molar refractivity (Wildman–Crippen MR) is 107 cm³/mol. The van der Waals surface area contributed by atoms with Crippen molar-refractivity contribution in [1.29, 1.82) is 0 Å². The van der Waals surface area contributed by atoms with Crippen LogP contribution in [0.4, 0.5) is 0 Å². The van der Waals surface area contributed by atoms with E-state index in [-0.39, 0.29) is 5.91 Å². The maximum absolute atomic E-state index is 12.3. The third-order valence-corrected chi connectivity index (χ3v) is 5.29. The zero-order valence-corrected chi connectivity index (χ0v) is 15.4. The second-order valence-corrected chi connectivity index (χ2v) is 7.11. The van der Waals surface area contributed by atoms with E-state index in [1.807, 2.05) is 42.6 Å². The molecule has 1 amide bonds. The number of thioether (sulfide) groups is 1. The quantitative estimate of drug-likeness (QED) is 0.430. The molecule has 0 fully saturated rings. The summed E-state index contributed by atoms with van der Waals surface area (Å²) in [5.41, 5.74) is 4.14. The minimum atomic E-state index is -0.0516. The summed E-state index contributed by atoms with van der Waals surface area (Å²) in [4.78, 5) is 19.7. The summed E-state index contributed by atoms with van der Waals surface area (Å²) in [6.45, 7) is 0.601.